The molecule has 2 N–H and O–H groups in total. The molecule has 0 bridgehead atoms. The van der Waals surface area contributed by atoms with Crippen LogP contribution in [0, 0.1) is 11.3 Å². The molecule has 38 heavy (non-hydrogen) atoms. The zero-order valence-electron chi connectivity index (χ0n) is 20.0. The van der Waals surface area contributed by atoms with Crippen LogP contribution in [0.15, 0.2) is 30.5 Å². The summed E-state index contributed by atoms with van der Waals surface area (Å²) in [5.74, 6) is -3.23. The number of nitrogens with zero attached hydrogens (tertiary/aromatic N) is 2. The summed E-state index contributed by atoms with van der Waals surface area (Å²) in [4.78, 5) is 40.8. The molecule has 0 saturated heterocycles. The van der Waals surface area contributed by atoms with Gasteiger partial charge in [0.05, 0.1) is 23.4 Å². The van der Waals surface area contributed by atoms with Crippen LogP contribution in [0.25, 0.3) is 0 Å². The molecule has 0 atom stereocenters. The van der Waals surface area contributed by atoms with Crippen LogP contribution >= 0.6 is 0 Å². The molecule has 0 fully saturated rings. The van der Waals surface area contributed by atoms with Crippen molar-refractivity contribution in [2.24, 2.45) is 0 Å². The van der Waals surface area contributed by atoms with Crippen LogP contribution < -0.4 is 15.4 Å². The third-order valence-electron chi connectivity index (χ3n) is 4.24. The maximum Gasteiger partial charge on any atom is 0.422 e. The fraction of sp³-hybridized carbons (Fsp3) is 0.348. The summed E-state index contributed by atoms with van der Waals surface area (Å²) in [6.07, 6.45) is -11.2. The maximum atomic E-state index is 13.6. The molecule has 15 heteroatoms. The molecule has 2 aromatic rings. The van der Waals surface area contributed by atoms with Crippen molar-refractivity contribution in [3.05, 3.63) is 47.3 Å². The molecule has 0 aliphatic carbocycles. The first-order valence-corrected chi connectivity index (χ1v) is 10.5. The lowest BCUT2D eigenvalue weighted by atomic mass is 10.1. The van der Waals surface area contributed by atoms with Crippen LogP contribution in [-0.4, -0.2) is 41.2 Å². The number of halogens is 6. The fourth-order valence-electron chi connectivity index (χ4n) is 2.81. The van der Waals surface area contributed by atoms with Gasteiger partial charge in [-0.25, -0.2) is 9.78 Å². The summed E-state index contributed by atoms with van der Waals surface area (Å²) in [6, 6.07) is 4.70. The molecule has 1 aromatic heterocycles. The Hall–Kier alpha value is -4.35. The first-order chi connectivity index (χ1) is 17.4. The Balaban J connectivity index is 2.44. The van der Waals surface area contributed by atoms with Crippen LogP contribution in [-0.2, 0) is 15.7 Å². The molecule has 9 nitrogen and oxygen atoms in total. The topological polar surface area (TPSA) is 130 Å². The molecular formula is C23H20F6N4O5. The Labute approximate surface area is 211 Å². The molecule has 1 heterocycles. The van der Waals surface area contributed by atoms with E-state index in [0.717, 1.165) is 12.3 Å². The summed E-state index contributed by atoms with van der Waals surface area (Å²) in [6.45, 7) is 2.35. The Bertz CT molecular complexity index is 1260. The van der Waals surface area contributed by atoms with Crippen molar-refractivity contribution in [2.45, 2.75) is 45.1 Å². The number of Topliss-reactive ketones (excluding diaryl/α,β-unsaturated/α-hetero) is 1. The van der Waals surface area contributed by atoms with E-state index >= 15 is 0 Å². The van der Waals surface area contributed by atoms with Gasteiger partial charge in [0, 0.05) is 17.8 Å². The molecular weight excluding hydrogens is 526 g/mol. The lowest BCUT2D eigenvalue weighted by molar-refractivity contribution is -0.158. The smallest absolute Gasteiger partial charge is 0.422 e. The Morgan fingerprint density at radius 3 is 2.18 bits per heavy atom. The van der Waals surface area contributed by atoms with E-state index in [0.29, 0.717) is 6.07 Å². The summed E-state index contributed by atoms with van der Waals surface area (Å²) in [5.41, 5.74) is -4.25. The van der Waals surface area contributed by atoms with Gasteiger partial charge in [0.25, 0.3) is 0 Å². The van der Waals surface area contributed by atoms with E-state index in [-0.39, 0.29) is 17.3 Å². The van der Waals surface area contributed by atoms with Gasteiger partial charge >= 0.3 is 18.4 Å². The normalized spacial score (nSPS) is 11.8. The highest BCUT2D eigenvalue weighted by Gasteiger charge is 2.38. The summed E-state index contributed by atoms with van der Waals surface area (Å²) < 4.78 is 88.1. The quantitative estimate of drug-likeness (QED) is 0.268. The second-order valence-corrected chi connectivity index (χ2v) is 8.61. The largest absolute Gasteiger partial charge is 0.483 e. The SMILES string of the molecule is CC(C)(C)OC(=O)Nc1cc(OCC(F)(F)F)c(C(F)(F)F)cc1NC(=O)CC(=O)c1ccnc(C#N)c1. The summed E-state index contributed by atoms with van der Waals surface area (Å²) in [7, 11) is 0. The number of carbonyl (C=O) groups is 3. The molecule has 1 aromatic carbocycles. The van der Waals surface area contributed by atoms with Crippen LogP contribution in [0.4, 0.5) is 42.5 Å². The Kier molecular flexibility index (Phi) is 8.93. The van der Waals surface area contributed by atoms with E-state index in [4.69, 9.17) is 10.00 Å². The number of amides is 2. The first kappa shape index (κ1) is 29.9. The van der Waals surface area contributed by atoms with Gasteiger partial charge in [-0.3, -0.25) is 14.9 Å². The molecule has 0 spiro atoms. The van der Waals surface area contributed by atoms with Crippen LogP contribution in [0.2, 0.25) is 0 Å². The van der Waals surface area contributed by atoms with E-state index in [2.05, 4.69) is 15.0 Å². The maximum absolute atomic E-state index is 13.6. The fourth-order valence-corrected chi connectivity index (χ4v) is 2.81. The molecule has 2 rings (SSSR count). The second kappa shape index (κ2) is 11.4. The number of ketones is 1. The highest BCUT2D eigenvalue weighted by atomic mass is 19.4. The summed E-state index contributed by atoms with van der Waals surface area (Å²) >= 11 is 0. The van der Waals surface area contributed by atoms with Gasteiger partial charge < -0.3 is 14.8 Å². The number of benzene rings is 1. The standard InChI is InChI=1S/C23H20F6N4O5/c1-21(2,3)38-20(36)33-16-8-18(37-11-22(24,25)26)14(23(27,28)29)7-15(16)32-19(35)9-17(34)12-4-5-31-13(6-12)10-30/h4-8H,9,11H2,1-3H3,(H,32,35)(H,33,36). The highest BCUT2D eigenvalue weighted by Crippen LogP contribution is 2.42. The number of nitriles is 1. The number of hydrogen-bond acceptors (Lipinski definition) is 7. The Morgan fingerprint density at radius 1 is 1.00 bits per heavy atom. The molecule has 0 unspecified atom stereocenters. The van der Waals surface area contributed by atoms with Crippen LogP contribution in [0.1, 0.15) is 48.8 Å². The number of alkyl halides is 6. The molecule has 2 amide bonds. The van der Waals surface area contributed by atoms with Crippen molar-refractivity contribution in [2.75, 3.05) is 17.2 Å². The zero-order valence-corrected chi connectivity index (χ0v) is 20.0. The molecule has 0 aliphatic rings. The Morgan fingerprint density at radius 2 is 1.63 bits per heavy atom. The predicted octanol–water partition coefficient (Wildman–Crippen LogP) is 5.47. The average Bonchev–Trinajstić information content (AvgIpc) is 2.76. The van der Waals surface area contributed by atoms with E-state index in [1.165, 1.54) is 26.8 Å². The number of anilines is 2. The number of aromatic nitrogens is 1. The average molecular weight is 546 g/mol. The van der Waals surface area contributed by atoms with Crippen LogP contribution in [0.3, 0.4) is 0 Å². The van der Waals surface area contributed by atoms with Gasteiger partial charge in [-0.05, 0) is 39.0 Å². The van der Waals surface area contributed by atoms with Crippen molar-refractivity contribution in [1.29, 1.82) is 5.26 Å². The van der Waals surface area contributed by atoms with Gasteiger partial charge in [0.2, 0.25) is 5.91 Å². The molecule has 0 radical (unpaired) electrons. The van der Waals surface area contributed by atoms with E-state index in [9.17, 15) is 40.7 Å². The third-order valence-corrected chi connectivity index (χ3v) is 4.24. The highest BCUT2D eigenvalue weighted by molar-refractivity contribution is 6.12. The number of carbonyl (C=O) groups excluding carboxylic acids is 3. The lowest BCUT2D eigenvalue weighted by Gasteiger charge is -2.22. The minimum Gasteiger partial charge on any atom is -0.483 e. The number of rotatable bonds is 7. The monoisotopic (exact) mass is 546 g/mol. The molecule has 0 aliphatic heterocycles. The number of ether oxygens (including phenoxy) is 2. The predicted molar refractivity (Wildman–Crippen MR) is 119 cm³/mol. The number of hydrogen-bond donors (Lipinski definition) is 2. The van der Waals surface area contributed by atoms with Crippen molar-refractivity contribution in [1.82, 2.24) is 4.98 Å². The second-order valence-electron chi connectivity index (χ2n) is 8.61. The zero-order chi connectivity index (χ0) is 28.9. The van der Waals surface area contributed by atoms with Gasteiger partial charge in [0.15, 0.2) is 12.4 Å². The molecule has 0 saturated carbocycles. The third kappa shape index (κ3) is 9.26. The molecule has 204 valence electrons. The van der Waals surface area contributed by atoms with E-state index in [1.54, 1.807) is 6.07 Å². The first-order valence-electron chi connectivity index (χ1n) is 10.5. The number of nitrogens with one attached hydrogen (secondary N) is 2. The van der Waals surface area contributed by atoms with Gasteiger partial charge in [-0.1, -0.05) is 0 Å². The van der Waals surface area contributed by atoms with E-state index in [1.807, 2.05) is 5.32 Å². The van der Waals surface area contributed by atoms with Crippen molar-refractivity contribution in [3.8, 4) is 11.8 Å². The van der Waals surface area contributed by atoms with Crippen molar-refractivity contribution in [3.63, 3.8) is 0 Å². The van der Waals surface area contributed by atoms with Gasteiger partial charge in [0.1, 0.15) is 23.1 Å². The van der Waals surface area contributed by atoms with Gasteiger partial charge in [-0.2, -0.15) is 31.6 Å². The van der Waals surface area contributed by atoms with Crippen LogP contribution in [0.5, 0.6) is 5.75 Å². The number of pyridine rings is 1. The van der Waals surface area contributed by atoms with Crippen molar-refractivity contribution >= 4 is 29.2 Å². The minimum absolute atomic E-state index is 0.0781. The van der Waals surface area contributed by atoms with Crippen molar-refractivity contribution < 1.29 is 50.2 Å². The van der Waals surface area contributed by atoms with E-state index < -0.39 is 71.5 Å². The lowest BCUT2D eigenvalue weighted by Crippen LogP contribution is -2.28. The minimum atomic E-state index is -5.23. The van der Waals surface area contributed by atoms with Gasteiger partial charge in [-0.15, -0.1) is 0 Å². The summed E-state index contributed by atoms with van der Waals surface area (Å²) in [5, 5.41) is 13.0.